The Labute approximate surface area is 162 Å². The summed E-state index contributed by atoms with van der Waals surface area (Å²) in [4.78, 5) is 18.5. The first-order chi connectivity index (χ1) is 13.3. The summed E-state index contributed by atoms with van der Waals surface area (Å²) < 4.78 is 44.6. The van der Waals surface area contributed by atoms with Crippen LogP contribution in [0.3, 0.4) is 0 Å². The normalized spacial score (nSPS) is 19.7. The van der Waals surface area contributed by atoms with E-state index in [4.69, 9.17) is 16.0 Å². The van der Waals surface area contributed by atoms with Crippen LogP contribution < -0.4 is 16.0 Å². The minimum absolute atomic E-state index is 0.178. The van der Waals surface area contributed by atoms with Gasteiger partial charge >= 0.3 is 12.2 Å². The third-order valence-electron chi connectivity index (χ3n) is 4.76. The van der Waals surface area contributed by atoms with Gasteiger partial charge in [0.2, 0.25) is 0 Å². The summed E-state index contributed by atoms with van der Waals surface area (Å²) in [6, 6.07) is 3.26. The Morgan fingerprint density at radius 3 is 2.86 bits per heavy atom. The molecule has 2 aromatic rings. The highest BCUT2D eigenvalue weighted by Crippen LogP contribution is 2.37. The van der Waals surface area contributed by atoms with Gasteiger partial charge in [0.25, 0.3) is 5.91 Å². The number of hydrogen-bond acceptors (Lipinski definition) is 6. The summed E-state index contributed by atoms with van der Waals surface area (Å²) in [6.07, 6.45) is -1.24. The lowest BCUT2D eigenvalue weighted by Crippen LogP contribution is -2.46. The molecule has 3 heterocycles. The van der Waals surface area contributed by atoms with Gasteiger partial charge in [-0.05, 0) is 19.1 Å². The fraction of sp³-hybridized carbons (Fsp3) is 0.294. The van der Waals surface area contributed by atoms with Crippen molar-refractivity contribution in [2.45, 2.75) is 25.6 Å². The summed E-state index contributed by atoms with van der Waals surface area (Å²) in [7, 11) is 0. The number of benzene rings is 1. The van der Waals surface area contributed by atoms with E-state index in [1.807, 2.05) is 0 Å². The van der Waals surface area contributed by atoms with E-state index in [2.05, 4.69) is 15.9 Å². The molecule has 2 aliphatic heterocycles. The number of oxazole rings is 1. The summed E-state index contributed by atoms with van der Waals surface area (Å²) in [5.41, 5.74) is 6.24. The highest BCUT2D eigenvalue weighted by atomic mass is 35.5. The zero-order valence-corrected chi connectivity index (χ0v) is 15.3. The minimum Gasteiger partial charge on any atom is -0.431 e. The van der Waals surface area contributed by atoms with Crippen LogP contribution in [-0.4, -0.2) is 28.4 Å². The number of aromatic nitrogens is 1. The number of anilines is 1. The average Bonchev–Trinajstić information content (AvgIpc) is 3.30. The van der Waals surface area contributed by atoms with Gasteiger partial charge in [0.15, 0.2) is 0 Å². The van der Waals surface area contributed by atoms with Crippen LogP contribution in [0.25, 0.3) is 0 Å². The van der Waals surface area contributed by atoms with Gasteiger partial charge in [0, 0.05) is 13.0 Å². The number of alkyl halides is 3. The molecule has 0 saturated carbocycles. The molecule has 1 aromatic heterocycles. The Kier molecular flexibility index (Phi) is 4.47. The maximum absolute atomic E-state index is 13.1. The molecular formula is C17H15ClF3N5O2. The molecule has 0 saturated heterocycles. The first-order valence-corrected chi connectivity index (χ1v) is 8.78. The average molecular weight is 414 g/mol. The zero-order chi connectivity index (χ0) is 20.1. The lowest BCUT2D eigenvalue weighted by Gasteiger charge is -2.34. The van der Waals surface area contributed by atoms with E-state index in [0.717, 1.165) is 11.8 Å². The third kappa shape index (κ3) is 2.98. The number of amides is 1. The molecule has 0 aliphatic carbocycles. The van der Waals surface area contributed by atoms with Crippen LogP contribution in [0, 0.1) is 0 Å². The van der Waals surface area contributed by atoms with Gasteiger partial charge in [-0.25, -0.2) is 9.99 Å². The second kappa shape index (κ2) is 6.71. The maximum atomic E-state index is 13.1. The number of hydrogen-bond donors (Lipinski definition) is 2. The number of nitrogens with zero attached hydrogens (tertiary/aromatic N) is 3. The zero-order valence-electron chi connectivity index (χ0n) is 14.5. The first-order valence-electron chi connectivity index (χ1n) is 8.40. The van der Waals surface area contributed by atoms with Gasteiger partial charge < -0.3 is 14.7 Å². The van der Waals surface area contributed by atoms with Gasteiger partial charge in [-0.15, -0.1) is 5.53 Å². The van der Waals surface area contributed by atoms with Crippen LogP contribution in [0.1, 0.15) is 29.3 Å². The van der Waals surface area contributed by atoms with E-state index in [-0.39, 0.29) is 5.56 Å². The van der Waals surface area contributed by atoms with Crippen molar-refractivity contribution < 1.29 is 22.4 Å². The number of carbonyl (C=O) groups excluding carboxylic acids is 1. The monoisotopic (exact) mass is 413 g/mol. The number of halogens is 4. The SMILES string of the molecule is CC1C2=C(CCN1C(=O)c1cccc(C(F)(F)F)c1Cl)N(c1ncco1)NN2. The molecule has 11 heteroatoms. The molecule has 2 N–H and O–H groups in total. The van der Waals surface area contributed by atoms with Crippen LogP contribution >= 0.6 is 11.6 Å². The predicted octanol–water partition coefficient (Wildman–Crippen LogP) is 3.32. The van der Waals surface area contributed by atoms with E-state index >= 15 is 0 Å². The molecule has 0 bridgehead atoms. The third-order valence-corrected chi connectivity index (χ3v) is 5.17. The topological polar surface area (TPSA) is 73.6 Å². The highest BCUT2D eigenvalue weighted by Gasteiger charge is 2.39. The second-order valence-corrected chi connectivity index (χ2v) is 6.71. The van der Waals surface area contributed by atoms with Crippen molar-refractivity contribution >= 4 is 23.5 Å². The largest absolute Gasteiger partial charge is 0.431 e. The van der Waals surface area contributed by atoms with Crippen LogP contribution in [0.2, 0.25) is 5.02 Å². The molecule has 148 valence electrons. The standard InChI is InChI=1S/C17H15ClF3N5O2/c1-9-14-12(26(24-23-14)16-22-6-8-28-16)5-7-25(9)15(27)10-3-2-4-11(13(10)18)17(19,20)21/h2-4,6,8-9,23-24H,5,7H2,1H3. The number of carbonyl (C=O) groups is 1. The molecule has 0 spiro atoms. The van der Waals surface area contributed by atoms with E-state index in [1.165, 1.54) is 29.5 Å². The van der Waals surface area contributed by atoms with Gasteiger partial charge in [-0.3, -0.25) is 4.79 Å². The van der Waals surface area contributed by atoms with Gasteiger partial charge in [-0.2, -0.15) is 13.2 Å². The van der Waals surface area contributed by atoms with E-state index in [0.29, 0.717) is 24.7 Å². The fourth-order valence-electron chi connectivity index (χ4n) is 3.38. The molecule has 0 radical (unpaired) electrons. The molecule has 7 nitrogen and oxygen atoms in total. The van der Waals surface area contributed by atoms with Crippen LogP contribution in [0.5, 0.6) is 0 Å². The summed E-state index contributed by atoms with van der Waals surface area (Å²) in [6.45, 7) is 2.08. The molecule has 1 amide bonds. The molecule has 28 heavy (non-hydrogen) atoms. The fourth-order valence-corrected chi connectivity index (χ4v) is 3.70. The van der Waals surface area contributed by atoms with Gasteiger partial charge in [0.1, 0.15) is 6.26 Å². The second-order valence-electron chi connectivity index (χ2n) is 6.34. The minimum atomic E-state index is -4.63. The van der Waals surface area contributed by atoms with Crippen molar-refractivity contribution in [3.63, 3.8) is 0 Å². The van der Waals surface area contributed by atoms with Crippen molar-refractivity contribution in [2.75, 3.05) is 11.6 Å². The van der Waals surface area contributed by atoms with Crippen molar-refractivity contribution in [3.8, 4) is 0 Å². The van der Waals surface area contributed by atoms with Crippen molar-refractivity contribution in [2.24, 2.45) is 0 Å². The molecule has 2 aliphatic rings. The molecule has 1 aromatic carbocycles. The van der Waals surface area contributed by atoms with Crippen LogP contribution in [-0.2, 0) is 6.18 Å². The first kappa shape index (κ1) is 18.6. The quantitative estimate of drug-likeness (QED) is 0.787. The van der Waals surface area contributed by atoms with Crippen LogP contribution in [0.15, 0.2) is 46.5 Å². The summed E-state index contributed by atoms with van der Waals surface area (Å²) in [5.74, 6) is -0.563. The van der Waals surface area contributed by atoms with Gasteiger partial charge in [-0.1, -0.05) is 17.7 Å². The Balaban J connectivity index is 1.62. The Bertz CT molecular complexity index is 945. The molecular weight excluding hydrogens is 399 g/mol. The lowest BCUT2D eigenvalue weighted by molar-refractivity contribution is -0.137. The van der Waals surface area contributed by atoms with Crippen molar-refractivity contribution in [3.05, 3.63) is 58.2 Å². The smallest absolute Gasteiger partial charge is 0.417 e. The Morgan fingerprint density at radius 1 is 1.39 bits per heavy atom. The predicted molar refractivity (Wildman–Crippen MR) is 93.8 cm³/mol. The van der Waals surface area contributed by atoms with Gasteiger partial charge in [0.05, 0.1) is 39.8 Å². The molecule has 0 fully saturated rings. The maximum Gasteiger partial charge on any atom is 0.417 e. The summed E-state index contributed by atoms with van der Waals surface area (Å²) in [5, 5.41) is 1.04. The highest BCUT2D eigenvalue weighted by molar-refractivity contribution is 6.34. The number of nitrogens with one attached hydrogen (secondary N) is 2. The van der Waals surface area contributed by atoms with Crippen molar-refractivity contribution in [1.29, 1.82) is 0 Å². The van der Waals surface area contributed by atoms with Crippen molar-refractivity contribution in [1.82, 2.24) is 20.8 Å². The Hall–Kier alpha value is -2.72. The number of hydrazine groups is 2. The van der Waals surface area contributed by atoms with Crippen LogP contribution in [0.4, 0.5) is 19.2 Å². The van der Waals surface area contributed by atoms with E-state index in [1.54, 1.807) is 11.9 Å². The number of rotatable bonds is 2. The lowest BCUT2D eigenvalue weighted by atomic mass is 10.0. The Morgan fingerprint density at radius 2 is 2.18 bits per heavy atom. The van der Waals surface area contributed by atoms with E-state index < -0.39 is 28.7 Å². The molecule has 4 rings (SSSR count). The van der Waals surface area contributed by atoms with E-state index in [9.17, 15) is 18.0 Å². The molecule has 1 unspecified atom stereocenters. The molecule has 1 atom stereocenters. The summed E-state index contributed by atoms with van der Waals surface area (Å²) >= 11 is 5.92.